The Balaban J connectivity index is 1.68. The highest BCUT2D eigenvalue weighted by Crippen LogP contribution is 2.24. The molecule has 0 radical (unpaired) electrons. The fourth-order valence-corrected chi connectivity index (χ4v) is 3.38. The van der Waals surface area contributed by atoms with E-state index < -0.39 is 0 Å². The van der Waals surface area contributed by atoms with Crippen LogP contribution in [0.15, 0.2) is 48.7 Å². The highest BCUT2D eigenvalue weighted by Gasteiger charge is 2.29. The van der Waals surface area contributed by atoms with Gasteiger partial charge < -0.3 is 10.4 Å². The van der Waals surface area contributed by atoms with Crippen molar-refractivity contribution in [3.05, 3.63) is 48.7 Å². The molecule has 6 heteroatoms. The summed E-state index contributed by atoms with van der Waals surface area (Å²) >= 11 is 0. The van der Waals surface area contributed by atoms with Gasteiger partial charge in [0.2, 0.25) is 0 Å². The summed E-state index contributed by atoms with van der Waals surface area (Å²) in [6, 6.07) is 14.6. The molecule has 1 aliphatic heterocycles. The first-order valence-corrected chi connectivity index (χ1v) is 8.22. The fraction of sp³-hybridized carbons (Fsp3) is 0.333. The Hall–Kier alpha value is -2.44. The number of fused-ring (bicyclic) bond motifs is 1. The Morgan fingerprint density at radius 2 is 2.08 bits per heavy atom. The standard InChI is InChI=1S/C18H21N5O/c1-22-11-14(9-15(22)12-24)20-18-10-16(13-5-3-2-4-6-13)21-17-7-8-19-23(17)18/h2-8,10,14-15,20,24H,9,11-12H2,1H3/t14-,15+/m1/s1. The second-order valence-corrected chi connectivity index (χ2v) is 6.35. The zero-order valence-corrected chi connectivity index (χ0v) is 13.6. The molecule has 2 atom stereocenters. The summed E-state index contributed by atoms with van der Waals surface area (Å²) in [7, 11) is 2.05. The number of aliphatic hydroxyl groups is 1. The van der Waals surface area contributed by atoms with Crippen LogP contribution in [0.3, 0.4) is 0 Å². The second kappa shape index (κ2) is 6.22. The monoisotopic (exact) mass is 323 g/mol. The predicted octanol–water partition coefficient (Wildman–Crippen LogP) is 1.87. The van der Waals surface area contributed by atoms with Gasteiger partial charge in [-0.25, -0.2) is 4.98 Å². The number of rotatable bonds is 4. The Kier molecular flexibility index (Phi) is 3.92. The third-order valence-corrected chi connectivity index (χ3v) is 4.68. The number of aromatic nitrogens is 3. The van der Waals surface area contributed by atoms with Crippen LogP contribution in [0.1, 0.15) is 6.42 Å². The van der Waals surface area contributed by atoms with Crippen molar-refractivity contribution in [1.82, 2.24) is 19.5 Å². The maximum absolute atomic E-state index is 9.45. The van der Waals surface area contributed by atoms with Crippen LogP contribution in [-0.2, 0) is 0 Å². The third kappa shape index (κ3) is 2.74. The molecule has 1 aliphatic rings. The summed E-state index contributed by atoms with van der Waals surface area (Å²) in [6.07, 6.45) is 2.68. The summed E-state index contributed by atoms with van der Waals surface area (Å²) in [5, 5.41) is 17.4. The van der Waals surface area contributed by atoms with Gasteiger partial charge in [-0.05, 0) is 13.5 Å². The Morgan fingerprint density at radius 1 is 1.25 bits per heavy atom. The minimum Gasteiger partial charge on any atom is -0.395 e. The van der Waals surface area contributed by atoms with E-state index in [1.807, 2.05) is 41.9 Å². The van der Waals surface area contributed by atoms with Crippen molar-refractivity contribution >= 4 is 11.5 Å². The lowest BCUT2D eigenvalue weighted by atomic mass is 10.1. The van der Waals surface area contributed by atoms with Crippen LogP contribution in [-0.4, -0.2) is 56.9 Å². The Labute approximate surface area is 140 Å². The van der Waals surface area contributed by atoms with Gasteiger partial charge in [-0.15, -0.1) is 0 Å². The number of likely N-dealkylation sites (tertiary alicyclic amines) is 1. The number of nitrogens with zero attached hydrogens (tertiary/aromatic N) is 4. The van der Waals surface area contributed by atoms with Crippen LogP contribution < -0.4 is 5.32 Å². The molecule has 2 aromatic heterocycles. The van der Waals surface area contributed by atoms with Crippen LogP contribution in [0.2, 0.25) is 0 Å². The van der Waals surface area contributed by atoms with Crippen LogP contribution >= 0.6 is 0 Å². The smallest absolute Gasteiger partial charge is 0.157 e. The number of anilines is 1. The molecule has 0 bridgehead atoms. The first-order chi connectivity index (χ1) is 11.7. The van der Waals surface area contributed by atoms with Crippen LogP contribution in [0.4, 0.5) is 5.82 Å². The molecule has 4 rings (SSSR count). The van der Waals surface area contributed by atoms with Crippen molar-refractivity contribution in [3.8, 4) is 11.3 Å². The van der Waals surface area contributed by atoms with Gasteiger partial charge in [0, 0.05) is 36.3 Å². The molecular weight excluding hydrogens is 302 g/mol. The van der Waals surface area contributed by atoms with E-state index >= 15 is 0 Å². The maximum Gasteiger partial charge on any atom is 0.157 e. The zero-order valence-electron chi connectivity index (χ0n) is 13.6. The van der Waals surface area contributed by atoms with E-state index in [0.717, 1.165) is 35.7 Å². The van der Waals surface area contributed by atoms with Crippen molar-refractivity contribution in [2.45, 2.75) is 18.5 Å². The van der Waals surface area contributed by atoms with Gasteiger partial charge in [0.05, 0.1) is 18.5 Å². The van der Waals surface area contributed by atoms with Crippen LogP contribution in [0.25, 0.3) is 16.9 Å². The third-order valence-electron chi connectivity index (χ3n) is 4.68. The molecule has 0 amide bonds. The second-order valence-electron chi connectivity index (χ2n) is 6.35. The summed E-state index contributed by atoms with van der Waals surface area (Å²) in [6.45, 7) is 1.09. The molecule has 3 heterocycles. The first-order valence-electron chi connectivity index (χ1n) is 8.22. The highest BCUT2D eigenvalue weighted by atomic mass is 16.3. The van der Waals surface area contributed by atoms with E-state index in [9.17, 15) is 5.11 Å². The van der Waals surface area contributed by atoms with Crippen LogP contribution in [0.5, 0.6) is 0 Å². The number of hydrogen-bond donors (Lipinski definition) is 2. The molecule has 0 unspecified atom stereocenters. The lowest BCUT2D eigenvalue weighted by Crippen LogP contribution is -2.28. The van der Waals surface area contributed by atoms with E-state index in [2.05, 4.69) is 27.4 Å². The summed E-state index contributed by atoms with van der Waals surface area (Å²) in [5.74, 6) is 0.931. The Bertz CT molecular complexity index is 832. The minimum atomic E-state index is 0.192. The van der Waals surface area contributed by atoms with Gasteiger partial charge in [0.25, 0.3) is 0 Å². The van der Waals surface area contributed by atoms with E-state index in [0.29, 0.717) is 0 Å². The van der Waals surface area contributed by atoms with E-state index in [1.54, 1.807) is 6.20 Å². The topological polar surface area (TPSA) is 65.7 Å². The summed E-state index contributed by atoms with van der Waals surface area (Å²) in [5.41, 5.74) is 2.83. The lowest BCUT2D eigenvalue weighted by Gasteiger charge is -2.16. The quantitative estimate of drug-likeness (QED) is 0.767. The molecule has 3 aromatic rings. The van der Waals surface area contributed by atoms with Gasteiger partial charge in [-0.1, -0.05) is 30.3 Å². The molecule has 6 nitrogen and oxygen atoms in total. The lowest BCUT2D eigenvalue weighted by molar-refractivity contribution is 0.182. The molecule has 2 N–H and O–H groups in total. The largest absolute Gasteiger partial charge is 0.395 e. The van der Waals surface area contributed by atoms with Crippen molar-refractivity contribution < 1.29 is 5.11 Å². The van der Waals surface area contributed by atoms with Gasteiger partial charge >= 0.3 is 0 Å². The highest BCUT2D eigenvalue weighted by molar-refractivity contribution is 5.66. The van der Waals surface area contributed by atoms with Gasteiger partial charge in [0.1, 0.15) is 5.82 Å². The predicted molar refractivity (Wildman–Crippen MR) is 94.0 cm³/mol. The number of hydrogen-bond acceptors (Lipinski definition) is 5. The fourth-order valence-electron chi connectivity index (χ4n) is 3.38. The molecule has 124 valence electrons. The van der Waals surface area contributed by atoms with Crippen molar-refractivity contribution in [2.24, 2.45) is 0 Å². The molecule has 1 saturated heterocycles. The molecule has 1 fully saturated rings. The summed E-state index contributed by atoms with van der Waals surface area (Å²) < 4.78 is 1.83. The maximum atomic E-state index is 9.45. The number of nitrogens with one attached hydrogen (secondary N) is 1. The number of aliphatic hydroxyl groups excluding tert-OH is 1. The van der Waals surface area contributed by atoms with Gasteiger partial charge in [-0.3, -0.25) is 4.90 Å². The van der Waals surface area contributed by atoms with Crippen molar-refractivity contribution in [1.29, 1.82) is 0 Å². The molecule has 24 heavy (non-hydrogen) atoms. The first kappa shape index (κ1) is 15.1. The van der Waals surface area contributed by atoms with E-state index in [-0.39, 0.29) is 18.7 Å². The molecule has 1 aromatic carbocycles. The Morgan fingerprint density at radius 3 is 2.83 bits per heavy atom. The molecule has 0 spiro atoms. The van der Waals surface area contributed by atoms with Crippen molar-refractivity contribution in [2.75, 3.05) is 25.5 Å². The zero-order chi connectivity index (χ0) is 16.5. The van der Waals surface area contributed by atoms with Crippen LogP contribution in [0, 0.1) is 0 Å². The average molecular weight is 323 g/mol. The average Bonchev–Trinajstić information content (AvgIpc) is 3.21. The molecular formula is C18H21N5O. The van der Waals surface area contributed by atoms with Gasteiger partial charge in [-0.2, -0.15) is 9.61 Å². The molecule has 0 saturated carbocycles. The minimum absolute atomic E-state index is 0.192. The number of benzene rings is 1. The SMILES string of the molecule is CN1C[C@H](Nc2cc(-c3ccccc3)nc3ccnn23)C[C@H]1CO. The molecule has 0 aliphatic carbocycles. The van der Waals surface area contributed by atoms with E-state index in [4.69, 9.17) is 4.98 Å². The normalized spacial score (nSPS) is 21.4. The van der Waals surface area contributed by atoms with E-state index in [1.165, 1.54) is 0 Å². The summed E-state index contributed by atoms with van der Waals surface area (Å²) in [4.78, 5) is 6.89. The van der Waals surface area contributed by atoms with Crippen molar-refractivity contribution in [3.63, 3.8) is 0 Å². The van der Waals surface area contributed by atoms with Gasteiger partial charge in [0.15, 0.2) is 5.65 Å². The number of likely N-dealkylation sites (N-methyl/N-ethyl adjacent to an activating group) is 1.